The zero-order valence-corrected chi connectivity index (χ0v) is 15.4. The Balaban J connectivity index is 1.38. The van der Waals surface area contributed by atoms with Gasteiger partial charge >= 0.3 is 0 Å². The second kappa shape index (κ2) is 7.63. The van der Waals surface area contributed by atoms with E-state index in [2.05, 4.69) is 20.7 Å². The molecule has 3 heterocycles. The summed E-state index contributed by atoms with van der Waals surface area (Å²) in [6.45, 7) is 1.12. The molecular formula is C19H20N6O3. The fourth-order valence-corrected chi connectivity index (χ4v) is 3.27. The van der Waals surface area contributed by atoms with E-state index in [1.807, 2.05) is 0 Å². The second-order valence-electron chi connectivity index (χ2n) is 6.72. The first-order valence-corrected chi connectivity index (χ1v) is 9.08. The third-order valence-corrected chi connectivity index (χ3v) is 4.69. The van der Waals surface area contributed by atoms with E-state index < -0.39 is 0 Å². The lowest BCUT2D eigenvalue weighted by atomic mass is 10.0. The summed E-state index contributed by atoms with van der Waals surface area (Å²) >= 11 is 0. The predicted octanol–water partition coefficient (Wildman–Crippen LogP) is 1.50. The largest absolute Gasteiger partial charge is 0.459 e. The second-order valence-corrected chi connectivity index (χ2v) is 6.72. The average Bonchev–Trinajstić information content (AvgIpc) is 3.40. The summed E-state index contributed by atoms with van der Waals surface area (Å²) in [7, 11) is 1.70. The Hall–Kier alpha value is -3.49. The quantitative estimate of drug-likeness (QED) is 0.735. The molecule has 1 aliphatic heterocycles. The third kappa shape index (κ3) is 3.78. The highest BCUT2D eigenvalue weighted by atomic mass is 16.3. The van der Waals surface area contributed by atoms with Gasteiger partial charge in [-0.25, -0.2) is 0 Å². The zero-order valence-electron chi connectivity index (χ0n) is 15.4. The summed E-state index contributed by atoms with van der Waals surface area (Å²) in [5.74, 6) is 0.509. The lowest BCUT2D eigenvalue weighted by Gasteiger charge is -2.32. The molecule has 1 atom stereocenters. The number of hydrogen-bond donors (Lipinski definition) is 1. The number of carbonyl (C=O) groups is 2. The lowest BCUT2D eigenvalue weighted by Crippen LogP contribution is -2.49. The van der Waals surface area contributed by atoms with Crippen molar-refractivity contribution >= 4 is 11.8 Å². The van der Waals surface area contributed by atoms with Crippen molar-refractivity contribution in [2.45, 2.75) is 18.9 Å². The molecule has 1 unspecified atom stereocenters. The van der Waals surface area contributed by atoms with E-state index in [4.69, 9.17) is 4.42 Å². The fraction of sp³-hybridized carbons (Fsp3) is 0.316. The molecule has 0 radical (unpaired) electrons. The summed E-state index contributed by atoms with van der Waals surface area (Å²) in [5, 5.41) is 14.9. The maximum Gasteiger partial charge on any atom is 0.289 e. The number of piperidine rings is 1. The molecule has 0 aliphatic carbocycles. The zero-order chi connectivity index (χ0) is 19.5. The first-order valence-electron chi connectivity index (χ1n) is 9.08. The van der Waals surface area contributed by atoms with Crippen molar-refractivity contribution in [3.8, 4) is 11.4 Å². The highest BCUT2D eigenvalue weighted by molar-refractivity contribution is 5.95. The van der Waals surface area contributed by atoms with Crippen LogP contribution in [-0.4, -0.2) is 56.1 Å². The van der Waals surface area contributed by atoms with Gasteiger partial charge in [-0.3, -0.25) is 9.59 Å². The molecule has 9 heteroatoms. The molecule has 9 nitrogen and oxygen atoms in total. The van der Waals surface area contributed by atoms with Crippen LogP contribution in [0.1, 0.15) is 33.8 Å². The summed E-state index contributed by atoms with van der Waals surface area (Å²) in [5.41, 5.74) is 1.33. The van der Waals surface area contributed by atoms with Crippen LogP contribution in [0.5, 0.6) is 0 Å². The van der Waals surface area contributed by atoms with Crippen molar-refractivity contribution in [2.24, 2.45) is 7.05 Å². The minimum atomic E-state index is -0.170. The number of carbonyl (C=O) groups excluding carboxylic acids is 2. The third-order valence-electron chi connectivity index (χ3n) is 4.69. The molecule has 4 rings (SSSR count). The molecular weight excluding hydrogens is 360 g/mol. The molecule has 3 aromatic rings. The van der Waals surface area contributed by atoms with E-state index in [1.165, 1.54) is 11.1 Å². The number of aryl methyl sites for hydroxylation is 1. The van der Waals surface area contributed by atoms with Gasteiger partial charge in [-0.15, -0.1) is 10.2 Å². The Labute approximate surface area is 161 Å². The van der Waals surface area contributed by atoms with Crippen LogP contribution in [0, 0.1) is 0 Å². The molecule has 2 aromatic heterocycles. The SMILES string of the molecule is Cn1nnc(-c2ccc(C(=O)NC3CCCN(C(=O)c4ccco4)C3)cc2)n1. The molecule has 1 N–H and O–H groups in total. The molecule has 1 fully saturated rings. The van der Waals surface area contributed by atoms with Crippen molar-refractivity contribution in [1.29, 1.82) is 0 Å². The van der Waals surface area contributed by atoms with Gasteiger partial charge in [0.15, 0.2) is 5.76 Å². The number of rotatable bonds is 4. The van der Waals surface area contributed by atoms with Crippen LogP contribution < -0.4 is 5.32 Å². The lowest BCUT2D eigenvalue weighted by molar-refractivity contribution is 0.0647. The normalized spacial score (nSPS) is 16.8. The molecule has 144 valence electrons. The molecule has 1 aromatic carbocycles. The minimum Gasteiger partial charge on any atom is -0.459 e. The van der Waals surface area contributed by atoms with Gasteiger partial charge in [-0.1, -0.05) is 12.1 Å². The Morgan fingerprint density at radius 1 is 1.21 bits per heavy atom. The Kier molecular flexibility index (Phi) is 4.88. The van der Waals surface area contributed by atoms with E-state index in [9.17, 15) is 9.59 Å². The number of amides is 2. The minimum absolute atomic E-state index is 0.0958. The van der Waals surface area contributed by atoms with Gasteiger partial charge in [0.2, 0.25) is 5.82 Å². The molecule has 1 aliphatic rings. The van der Waals surface area contributed by atoms with Crippen LogP contribution >= 0.6 is 0 Å². The number of hydrogen-bond acceptors (Lipinski definition) is 6. The summed E-state index contributed by atoms with van der Waals surface area (Å²) < 4.78 is 5.19. The van der Waals surface area contributed by atoms with E-state index in [1.54, 1.807) is 48.3 Å². The van der Waals surface area contributed by atoms with Crippen molar-refractivity contribution in [2.75, 3.05) is 13.1 Å². The molecule has 0 saturated carbocycles. The van der Waals surface area contributed by atoms with Gasteiger partial charge < -0.3 is 14.6 Å². The smallest absolute Gasteiger partial charge is 0.289 e. The number of benzene rings is 1. The number of tetrazole rings is 1. The fourth-order valence-electron chi connectivity index (χ4n) is 3.27. The highest BCUT2D eigenvalue weighted by Crippen LogP contribution is 2.17. The Morgan fingerprint density at radius 2 is 2.04 bits per heavy atom. The van der Waals surface area contributed by atoms with Gasteiger partial charge in [0.25, 0.3) is 11.8 Å². The first kappa shape index (κ1) is 17.9. The van der Waals surface area contributed by atoms with E-state index >= 15 is 0 Å². The molecule has 0 spiro atoms. The highest BCUT2D eigenvalue weighted by Gasteiger charge is 2.27. The standard InChI is InChI=1S/C19H20N6O3/c1-24-22-17(21-23-24)13-6-8-14(9-7-13)18(26)20-15-4-2-10-25(12-15)19(27)16-5-3-11-28-16/h3,5-9,11,15H,2,4,10,12H2,1H3,(H,20,26). The Bertz CT molecular complexity index is 964. The summed E-state index contributed by atoms with van der Waals surface area (Å²) in [4.78, 5) is 28.1. The molecule has 0 bridgehead atoms. The number of furan rings is 1. The van der Waals surface area contributed by atoms with Gasteiger partial charge in [0, 0.05) is 30.3 Å². The number of likely N-dealkylation sites (tertiary alicyclic amines) is 1. The summed E-state index contributed by atoms with van der Waals surface area (Å²) in [6, 6.07) is 10.3. The van der Waals surface area contributed by atoms with Crippen molar-refractivity contribution in [3.05, 3.63) is 54.0 Å². The van der Waals surface area contributed by atoms with E-state index in [-0.39, 0.29) is 17.9 Å². The van der Waals surface area contributed by atoms with Gasteiger partial charge in [-0.2, -0.15) is 4.80 Å². The maximum atomic E-state index is 12.6. The van der Waals surface area contributed by atoms with Gasteiger partial charge in [0.05, 0.1) is 13.3 Å². The topological polar surface area (TPSA) is 106 Å². The van der Waals surface area contributed by atoms with Crippen molar-refractivity contribution in [1.82, 2.24) is 30.4 Å². The summed E-state index contributed by atoms with van der Waals surface area (Å²) in [6.07, 6.45) is 3.14. The number of aromatic nitrogens is 4. The van der Waals surface area contributed by atoms with Gasteiger partial charge in [0.1, 0.15) is 0 Å². The van der Waals surface area contributed by atoms with Crippen LogP contribution in [-0.2, 0) is 7.05 Å². The first-order chi connectivity index (χ1) is 13.6. The van der Waals surface area contributed by atoms with Crippen molar-refractivity contribution in [3.63, 3.8) is 0 Å². The Morgan fingerprint density at radius 3 is 2.71 bits per heavy atom. The van der Waals surface area contributed by atoms with Crippen LogP contribution in [0.3, 0.4) is 0 Å². The van der Waals surface area contributed by atoms with Crippen LogP contribution in [0.2, 0.25) is 0 Å². The van der Waals surface area contributed by atoms with E-state index in [0.29, 0.717) is 30.2 Å². The predicted molar refractivity (Wildman–Crippen MR) is 99.3 cm³/mol. The molecule has 2 amide bonds. The monoisotopic (exact) mass is 380 g/mol. The average molecular weight is 380 g/mol. The van der Waals surface area contributed by atoms with E-state index in [0.717, 1.165) is 18.4 Å². The number of nitrogens with zero attached hydrogens (tertiary/aromatic N) is 5. The molecule has 1 saturated heterocycles. The maximum absolute atomic E-state index is 12.6. The van der Waals surface area contributed by atoms with Crippen molar-refractivity contribution < 1.29 is 14.0 Å². The van der Waals surface area contributed by atoms with Gasteiger partial charge in [-0.05, 0) is 42.3 Å². The van der Waals surface area contributed by atoms with Crippen LogP contribution in [0.25, 0.3) is 11.4 Å². The molecule has 28 heavy (non-hydrogen) atoms. The van der Waals surface area contributed by atoms with Crippen LogP contribution in [0.15, 0.2) is 47.1 Å². The number of nitrogens with one attached hydrogen (secondary N) is 1. The van der Waals surface area contributed by atoms with Crippen LogP contribution in [0.4, 0.5) is 0 Å².